The average Bonchev–Trinajstić information content (AvgIpc) is 1.98. The van der Waals surface area contributed by atoms with Crippen LogP contribution in [0, 0.1) is 0 Å². The third-order valence-corrected chi connectivity index (χ3v) is 3.74. The molecule has 0 aliphatic heterocycles. The Morgan fingerprint density at radius 3 is 1.90 bits per heavy atom. The molecule has 0 radical (unpaired) electrons. The number of hydrogen-bond acceptors (Lipinski definition) is 0. The van der Waals surface area contributed by atoms with Crippen LogP contribution in [0.5, 0.6) is 0 Å². The Balaban J connectivity index is 0. The van der Waals surface area contributed by atoms with Crippen LogP contribution in [0.1, 0.15) is 20.3 Å². The van der Waals surface area contributed by atoms with Gasteiger partial charge in [-0.1, -0.05) is 0 Å². The fourth-order valence-corrected chi connectivity index (χ4v) is 1.92. The van der Waals surface area contributed by atoms with Crippen molar-refractivity contribution in [3.05, 3.63) is 20.6 Å². The fraction of sp³-hybridized carbons (Fsp3) is 0.429. The first-order valence-electron chi connectivity index (χ1n) is 2.80. The summed E-state index contributed by atoms with van der Waals surface area (Å²) in [6, 6.07) is 0. The van der Waals surface area contributed by atoms with Crippen LogP contribution < -0.4 is 24.8 Å². The molecule has 0 aromatic heterocycles. The predicted molar refractivity (Wildman–Crippen MR) is 31.1 cm³/mol. The van der Waals surface area contributed by atoms with Crippen LogP contribution in [0.15, 0.2) is 20.6 Å². The van der Waals surface area contributed by atoms with Gasteiger partial charge in [-0.15, -0.1) is 0 Å². The molecule has 0 nitrogen and oxygen atoms in total. The van der Waals surface area contributed by atoms with Crippen molar-refractivity contribution in [3.63, 3.8) is 0 Å². The molecule has 0 saturated heterocycles. The van der Waals surface area contributed by atoms with E-state index in [0.29, 0.717) is 0 Å². The smallest absolute Gasteiger partial charge is 1.00 e. The van der Waals surface area contributed by atoms with E-state index in [1.807, 2.05) is 0 Å². The first-order valence-corrected chi connectivity index (χ1v) is 4.60. The Morgan fingerprint density at radius 2 is 1.80 bits per heavy atom. The van der Waals surface area contributed by atoms with Gasteiger partial charge in [0.05, 0.1) is 0 Å². The molecule has 0 aromatic carbocycles. The van der Waals surface area contributed by atoms with Gasteiger partial charge in [0.15, 0.2) is 0 Å². The monoisotopic (exact) mass is 343 g/mol. The molecule has 0 aromatic rings. The predicted octanol–water partition coefficient (Wildman–Crippen LogP) is -3.83. The largest absolute Gasteiger partial charge is 1.00 e. The second-order valence-corrected chi connectivity index (χ2v) is 4.16. The summed E-state index contributed by atoms with van der Waals surface area (Å²) in [6.45, 7) is 4.44. The van der Waals surface area contributed by atoms with Gasteiger partial charge in [0.1, 0.15) is 0 Å². The van der Waals surface area contributed by atoms with Gasteiger partial charge in [-0.3, -0.25) is 0 Å². The van der Waals surface area contributed by atoms with Crippen LogP contribution in [-0.4, -0.2) is 0 Å². The van der Waals surface area contributed by atoms with Gasteiger partial charge in [0, 0.05) is 0 Å². The molecule has 0 bridgehead atoms. The summed E-state index contributed by atoms with van der Waals surface area (Å²) in [5.41, 5.74) is 3.12. The Hall–Kier alpha value is 0.930. The minimum Gasteiger partial charge on any atom is -1.00 e. The third kappa shape index (κ3) is 2.89. The van der Waals surface area contributed by atoms with E-state index in [4.69, 9.17) is 0 Å². The summed E-state index contributed by atoms with van der Waals surface area (Å²) in [4.78, 5) is 0. The van der Waals surface area contributed by atoms with Crippen LogP contribution in [0.4, 0.5) is 0 Å². The standard InChI is InChI=1S/C7H9.2ClH.Hf/c1-6-4-3-5-7(6)2;;;/h3H,4H2,1-2H3;2*1H;/q;;;+2/p-2. The number of allylic oxidation sites excluding steroid dienone is 4. The van der Waals surface area contributed by atoms with E-state index in [-0.39, 0.29) is 24.8 Å². The van der Waals surface area contributed by atoms with E-state index in [0.717, 1.165) is 0 Å². The molecule has 0 heterocycles. The number of rotatable bonds is 0. The summed E-state index contributed by atoms with van der Waals surface area (Å²) in [5, 5.41) is 0. The molecule has 0 unspecified atom stereocenters. The fourth-order valence-electron chi connectivity index (χ4n) is 0.791. The molecule has 0 N–H and O–H groups in total. The van der Waals surface area contributed by atoms with Crippen molar-refractivity contribution in [1.82, 2.24) is 0 Å². The summed E-state index contributed by atoms with van der Waals surface area (Å²) in [5.74, 6) is 0. The second kappa shape index (κ2) is 5.56. The molecule has 0 fully saturated rings. The quantitative estimate of drug-likeness (QED) is 0.396. The Morgan fingerprint density at radius 1 is 1.30 bits per heavy atom. The summed E-state index contributed by atoms with van der Waals surface area (Å²) >= 11 is 1.23. The first-order chi connectivity index (χ1) is 3.72. The molecule has 1 rings (SSSR count). The summed E-state index contributed by atoms with van der Waals surface area (Å²) in [7, 11) is 0. The maximum absolute atomic E-state index is 2.34. The normalized spacial score (nSPS) is 15.8. The van der Waals surface area contributed by atoms with Crippen LogP contribution in [0.2, 0.25) is 0 Å². The molecular formula is C7H9Cl2Hf. The van der Waals surface area contributed by atoms with E-state index in [1.165, 1.54) is 30.8 Å². The van der Waals surface area contributed by atoms with E-state index in [9.17, 15) is 0 Å². The molecule has 1 aliphatic rings. The average molecular weight is 343 g/mol. The van der Waals surface area contributed by atoms with E-state index >= 15 is 0 Å². The SMILES string of the molecule is CC1=C(C)[C]([Hf+2])=CC1.[Cl-].[Cl-]. The summed E-state index contributed by atoms with van der Waals surface area (Å²) < 4.78 is 1.60. The zero-order valence-electron chi connectivity index (χ0n) is 6.04. The van der Waals surface area contributed by atoms with Gasteiger partial charge in [-0.25, -0.2) is 0 Å². The van der Waals surface area contributed by atoms with Gasteiger partial charge in [0.2, 0.25) is 0 Å². The van der Waals surface area contributed by atoms with Crippen LogP contribution in [0.25, 0.3) is 0 Å². The molecule has 0 spiro atoms. The maximum atomic E-state index is 2.34. The molecule has 0 saturated carbocycles. The molecule has 0 atom stereocenters. The van der Waals surface area contributed by atoms with Crippen molar-refractivity contribution in [2.75, 3.05) is 0 Å². The third-order valence-electron chi connectivity index (χ3n) is 1.66. The van der Waals surface area contributed by atoms with Crippen molar-refractivity contribution in [2.45, 2.75) is 20.3 Å². The van der Waals surface area contributed by atoms with Crippen LogP contribution >= 0.6 is 0 Å². The zero-order chi connectivity index (χ0) is 6.15. The van der Waals surface area contributed by atoms with Crippen molar-refractivity contribution < 1.29 is 49.2 Å². The van der Waals surface area contributed by atoms with Crippen molar-refractivity contribution in [1.29, 1.82) is 0 Å². The van der Waals surface area contributed by atoms with Gasteiger partial charge < -0.3 is 24.8 Å². The van der Waals surface area contributed by atoms with Crippen LogP contribution in [0.3, 0.4) is 0 Å². The minimum atomic E-state index is 0. The summed E-state index contributed by atoms with van der Waals surface area (Å²) in [6.07, 6.45) is 3.56. The van der Waals surface area contributed by atoms with Gasteiger partial charge in [-0.05, 0) is 0 Å². The van der Waals surface area contributed by atoms with Crippen molar-refractivity contribution >= 4 is 0 Å². The van der Waals surface area contributed by atoms with E-state index in [2.05, 4.69) is 19.9 Å². The van der Waals surface area contributed by atoms with Gasteiger partial charge in [-0.2, -0.15) is 0 Å². The van der Waals surface area contributed by atoms with Crippen LogP contribution in [-0.2, 0) is 24.4 Å². The second-order valence-electron chi connectivity index (χ2n) is 2.23. The van der Waals surface area contributed by atoms with Gasteiger partial charge in [0.25, 0.3) is 0 Å². The van der Waals surface area contributed by atoms with E-state index < -0.39 is 0 Å². The zero-order valence-corrected chi connectivity index (χ0v) is 11.1. The molecule has 55 valence electrons. The molecule has 3 heteroatoms. The Bertz CT molecular complexity index is 165. The van der Waals surface area contributed by atoms with Crippen molar-refractivity contribution in [2.24, 2.45) is 0 Å². The minimum absolute atomic E-state index is 0. The van der Waals surface area contributed by atoms with Gasteiger partial charge >= 0.3 is 65.2 Å². The molecular weight excluding hydrogens is 333 g/mol. The molecule has 10 heavy (non-hydrogen) atoms. The molecule has 1 aliphatic carbocycles. The topological polar surface area (TPSA) is 0 Å². The van der Waals surface area contributed by atoms with E-state index in [1.54, 1.807) is 14.5 Å². The number of hydrogen-bond donors (Lipinski definition) is 0. The first kappa shape index (κ1) is 13.5. The van der Waals surface area contributed by atoms with Crippen molar-refractivity contribution in [3.8, 4) is 0 Å². The maximum Gasteiger partial charge on any atom is -1.00 e. The number of halogens is 2. The molecule has 0 amide bonds. The Kier molecular flexibility index (Phi) is 7.52. The Labute approximate surface area is 89.5 Å².